The summed E-state index contributed by atoms with van der Waals surface area (Å²) in [6.07, 6.45) is 0. The predicted molar refractivity (Wildman–Crippen MR) is 114 cm³/mol. The van der Waals surface area contributed by atoms with Gasteiger partial charge in [0.2, 0.25) is 0 Å². The van der Waals surface area contributed by atoms with E-state index in [9.17, 15) is 10.2 Å². The number of aromatic nitrogens is 1. The number of hydrogen-bond donors (Lipinski definition) is 2. The lowest BCUT2D eigenvalue weighted by atomic mass is 10.1. The number of aliphatic hydroxyl groups excluding tert-OH is 2. The van der Waals surface area contributed by atoms with Gasteiger partial charge in [0.05, 0.1) is 18.7 Å². The molecule has 28 heavy (non-hydrogen) atoms. The second kappa shape index (κ2) is 8.19. The monoisotopic (exact) mass is 437 g/mol. The quantitative estimate of drug-likeness (QED) is 0.434. The van der Waals surface area contributed by atoms with Crippen molar-refractivity contribution in [2.24, 2.45) is 0 Å². The van der Waals surface area contributed by atoms with Crippen molar-refractivity contribution in [3.63, 3.8) is 0 Å². The molecule has 4 aromatic rings. The third kappa shape index (κ3) is 3.83. The van der Waals surface area contributed by atoms with Gasteiger partial charge in [0.15, 0.2) is 0 Å². The first-order chi connectivity index (χ1) is 13.7. The van der Waals surface area contributed by atoms with Crippen LogP contribution in [0, 0.1) is 0 Å². The SMILES string of the molecule is OCc1ccc(Cn2c(CO)cc3c(Br)cc(Oc4ccccc4)cc32)cc1. The number of fused-ring (bicyclic) bond motifs is 1. The molecule has 0 atom stereocenters. The summed E-state index contributed by atoms with van der Waals surface area (Å²) >= 11 is 3.64. The Labute approximate surface area is 171 Å². The fourth-order valence-corrected chi connectivity index (χ4v) is 3.82. The third-order valence-corrected chi connectivity index (χ3v) is 5.37. The van der Waals surface area contributed by atoms with Crippen LogP contribution in [0.2, 0.25) is 0 Å². The lowest BCUT2D eigenvalue weighted by Gasteiger charge is -2.12. The molecule has 0 aliphatic carbocycles. The summed E-state index contributed by atoms with van der Waals surface area (Å²) in [5.41, 5.74) is 3.79. The molecule has 0 aliphatic heterocycles. The van der Waals surface area contributed by atoms with Crippen LogP contribution >= 0.6 is 15.9 Å². The molecule has 4 rings (SSSR count). The normalized spacial score (nSPS) is 11.1. The molecule has 0 saturated carbocycles. The molecule has 0 spiro atoms. The van der Waals surface area contributed by atoms with Crippen LogP contribution in [0.5, 0.6) is 11.5 Å². The van der Waals surface area contributed by atoms with E-state index in [1.165, 1.54) is 0 Å². The van der Waals surface area contributed by atoms with E-state index in [0.29, 0.717) is 6.54 Å². The Bertz CT molecular complexity index is 1090. The zero-order chi connectivity index (χ0) is 19.5. The molecule has 4 nitrogen and oxygen atoms in total. The van der Waals surface area contributed by atoms with E-state index < -0.39 is 0 Å². The van der Waals surface area contributed by atoms with E-state index in [1.807, 2.05) is 72.8 Å². The standard InChI is InChI=1S/C23H20BrNO3/c24-22-11-20(28-19-4-2-1-3-5-19)12-23-21(22)10-18(15-27)25(23)13-16-6-8-17(14-26)9-7-16/h1-12,26-27H,13-15H2. The average Bonchev–Trinajstić information content (AvgIpc) is 3.07. The maximum absolute atomic E-state index is 9.87. The summed E-state index contributed by atoms with van der Waals surface area (Å²) in [6, 6.07) is 23.4. The molecule has 142 valence electrons. The molecule has 1 aromatic heterocycles. The van der Waals surface area contributed by atoms with Crippen LogP contribution in [0.25, 0.3) is 10.9 Å². The van der Waals surface area contributed by atoms with Crippen molar-refractivity contribution in [3.05, 3.63) is 94.1 Å². The van der Waals surface area contributed by atoms with Gasteiger partial charge in [0.1, 0.15) is 11.5 Å². The van der Waals surface area contributed by atoms with E-state index in [-0.39, 0.29) is 13.2 Å². The Morgan fingerprint density at radius 3 is 2.18 bits per heavy atom. The maximum atomic E-state index is 9.87. The van der Waals surface area contributed by atoms with E-state index in [4.69, 9.17) is 4.74 Å². The molecule has 3 aromatic carbocycles. The summed E-state index contributed by atoms with van der Waals surface area (Å²) < 4.78 is 9.02. The first kappa shape index (κ1) is 18.7. The largest absolute Gasteiger partial charge is 0.457 e. The molecule has 0 saturated heterocycles. The van der Waals surface area contributed by atoms with Gasteiger partial charge in [-0.3, -0.25) is 0 Å². The summed E-state index contributed by atoms with van der Waals surface area (Å²) in [5.74, 6) is 1.50. The number of halogens is 1. The smallest absolute Gasteiger partial charge is 0.130 e. The van der Waals surface area contributed by atoms with Crippen LogP contribution in [0.3, 0.4) is 0 Å². The molecular formula is C23H20BrNO3. The summed E-state index contributed by atoms with van der Waals surface area (Å²) in [6.45, 7) is 0.596. The first-order valence-corrected chi connectivity index (χ1v) is 9.81. The summed E-state index contributed by atoms with van der Waals surface area (Å²) in [5, 5.41) is 20.1. The minimum atomic E-state index is -0.0509. The maximum Gasteiger partial charge on any atom is 0.130 e. The Balaban J connectivity index is 1.75. The molecule has 0 bridgehead atoms. The highest BCUT2D eigenvalue weighted by Crippen LogP contribution is 2.34. The molecule has 0 aliphatic rings. The number of para-hydroxylation sites is 1. The minimum absolute atomic E-state index is 0.0295. The van der Waals surface area contributed by atoms with E-state index in [0.717, 1.165) is 43.7 Å². The third-order valence-electron chi connectivity index (χ3n) is 4.72. The van der Waals surface area contributed by atoms with E-state index >= 15 is 0 Å². The number of rotatable bonds is 6. The lowest BCUT2D eigenvalue weighted by Crippen LogP contribution is -2.04. The molecular weight excluding hydrogens is 418 g/mol. The predicted octanol–water partition coefficient (Wildman–Crippen LogP) is 5.23. The van der Waals surface area contributed by atoms with Gasteiger partial charge in [-0.2, -0.15) is 0 Å². The summed E-state index contributed by atoms with van der Waals surface area (Å²) in [4.78, 5) is 0. The van der Waals surface area contributed by atoms with Gasteiger partial charge in [0, 0.05) is 28.2 Å². The number of benzene rings is 3. The number of ether oxygens (including phenoxy) is 1. The highest BCUT2D eigenvalue weighted by atomic mass is 79.9. The highest BCUT2D eigenvalue weighted by Gasteiger charge is 2.13. The highest BCUT2D eigenvalue weighted by molar-refractivity contribution is 9.10. The van der Waals surface area contributed by atoms with Gasteiger partial charge >= 0.3 is 0 Å². The molecule has 0 radical (unpaired) electrons. The van der Waals surface area contributed by atoms with Gasteiger partial charge in [-0.1, -0.05) is 42.5 Å². The van der Waals surface area contributed by atoms with Crippen LogP contribution in [-0.4, -0.2) is 14.8 Å². The zero-order valence-corrected chi connectivity index (χ0v) is 16.8. The fourth-order valence-electron chi connectivity index (χ4n) is 3.28. The second-order valence-corrected chi connectivity index (χ2v) is 7.46. The van der Waals surface area contributed by atoms with Gasteiger partial charge in [0.25, 0.3) is 0 Å². The minimum Gasteiger partial charge on any atom is -0.457 e. The number of nitrogens with zero attached hydrogens (tertiary/aromatic N) is 1. The molecule has 2 N–H and O–H groups in total. The van der Waals surface area contributed by atoms with E-state index in [1.54, 1.807) is 0 Å². The Hall–Kier alpha value is -2.60. The van der Waals surface area contributed by atoms with Gasteiger partial charge < -0.3 is 19.5 Å². The van der Waals surface area contributed by atoms with Crippen LogP contribution in [-0.2, 0) is 19.8 Å². The topological polar surface area (TPSA) is 54.6 Å². The van der Waals surface area contributed by atoms with Crippen molar-refractivity contribution in [2.75, 3.05) is 0 Å². The van der Waals surface area contributed by atoms with Crippen molar-refractivity contribution in [3.8, 4) is 11.5 Å². The van der Waals surface area contributed by atoms with Crippen molar-refractivity contribution in [1.82, 2.24) is 4.57 Å². The van der Waals surface area contributed by atoms with Crippen LogP contribution in [0.15, 0.2) is 77.3 Å². The van der Waals surface area contributed by atoms with Crippen molar-refractivity contribution in [1.29, 1.82) is 0 Å². The zero-order valence-electron chi connectivity index (χ0n) is 15.2. The molecule has 0 unspecified atom stereocenters. The van der Waals surface area contributed by atoms with Gasteiger partial charge in [-0.15, -0.1) is 0 Å². The van der Waals surface area contributed by atoms with Crippen LogP contribution in [0.4, 0.5) is 0 Å². The van der Waals surface area contributed by atoms with Crippen LogP contribution < -0.4 is 4.74 Å². The Morgan fingerprint density at radius 1 is 0.786 bits per heavy atom. The number of hydrogen-bond acceptors (Lipinski definition) is 3. The first-order valence-electron chi connectivity index (χ1n) is 9.02. The Kier molecular flexibility index (Phi) is 5.48. The van der Waals surface area contributed by atoms with Crippen LogP contribution in [0.1, 0.15) is 16.8 Å². The Morgan fingerprint density at radius 2 is 1.50 bits per heavy atom. The average molecular weight is 438 g/mol. The van der Waals surface area contributed by atoms with Crippen molar-refractivity contribution in [2.45, 2.75) is 19.8 Å². The van der Waals surface area contributed by atoms with Gasteiger partial charge in [-0.25, -0.2) is 0 Å². The lowest BCUT2D eigenvalue weighted by molar-refractivity contribution is 0.272. The van der Waals surface area contributed by atoms with Crippen molar-refractivity contribution < 1.29 is 14.9 Å². The molecule has 0 amide bonds. The van der Waals surface area contributed by atoms with Gasteiger partial charge in [-0.05, 0) is 51.3 Å². The molecule has 0 fully saturated rings. The van der Waals surface area contributed by atoms with Crippen molar-refractivity contribution >= 4 is 26.8 Å². The second-order valence-electron chi connectivity index (χ2n) is 6.61. The molecule has 1 heterocycles. The van der Waals surface area contributed by atoms with E-state index in [2.05, 4.69) is 20.5 Å². The number of aliphatic hydroxyl groups is 2. The fraction of sp³-hybridized carbons (Fsp3) is 0.130. The molecule has 5 heteroatoms. The summed E-state index contributed by atoms with van der Waals surface area (Å²) in [7, 11) is 0.